The maximum atomic E-state index is 11.5. The van der Waals surface area contributed by atoms with Crippen molar-refractivity contribution in [2.24, 2.45) is 52.3 Å². The molecule has 0 aliphatic heterocycles. The number of rotatable bonds is 9. The topological polar surface area (TPSA) is 57.5 Å². The fourth-order valence-corrected chi connectivity index (χ4v) is 8.74. The number of aliphatic hydroxyl groups is 1. The number of carboxylic acid groups (broad SMARTS) is 1. The van der Waals surface area contributed by atoms with E-state index in [1.54, 1.807) is 0 Å². The van der Waals surface area contributed by atoms with Crippen molar-refractivity contribution in [3.05, 3.63) is 0 Å². The lowest BCUT2D eigenvalue weighted by Crippen LogP contribution is -2.52. The van der Waals surface area contributed by atoms with Crippen molar-refractivity contribution in [3.63, 3.8) is 0 Å². The van der Waals surface area contributed by atoms with Gasteiger partial charge in [0.1, 0.15) is 0 Å². The Bertz CT molecular complexity index is 587. The van der Waals surface area contributed by atoms with Gasteiger partial charge in [0.05, 0.1) is 0 Å². The molecule has 2 N–H and O–H groups in total. The van der Waals surface area contributed by atoms with Crippen LogP contribution in [0.1, 0.15) is 105 Å². The molecule has 0 radical (unpaired) electrons. The maximum absolute atomic E-state index is 11.5. The SMILES string of the molecule is CC(C)CCC[C@@H](C)[C@H]1CCC2C3CC[C@@H](CC(=O)O)[C@](C)(CCO)C3CC[C@@]21C. The molecular weight excluding hydrogens is 372 g/mol. The smallest absolute Gasteiger partial charge is 0.303 e. The van der Waals surface area contributed by atoms with Crippen molar-refractivity contribution >= 4 is 5.97 Å². The second-order valence-electron chi connectivity index (χ2n) is 12.3. The standard InChI is InChI=1S/C27H48O3/c1-18(2)7-6-8-19(3)22-11-12-23-21-10-9-20(17-25(29)30)26(4,15-16-28)24(21)13-14-27(22,23)5/h18-24,28H,6-17H2,1-5H3,(H,29,30)/t19-,20+,21?,22-,23?,24?,26+,27-/m1/s1. The van der Waals surface area contributed by atoms with Gasteiger partial charge in [-0.25, -0.2) is 0 Å². The second-order valence-corrected chi connectivity index (χ2v) is 12.3. The average molecular weight is 421 g/mol. The Balaban J connectivity index is 1.75. The molecule has 0 saturated heterocycles. The van der Waals surface area contributed by atoms with E-state index in [-0.39, 0.29) is 24.4 Å². The molecule has 0 aromatic carbocycles. The lowest BCUT2D eigenvalue weighted by molar-refractivity contribution is -0.146. The molecular formula is C27H48O3. The summed E-state index contributed by atoms with van der Waals surface area (Å²) in [6.45, 7) is 12.3. The summed E-state index contributed by atoms with van der Waals surface area (Å²) in [4.78, 5) is 11.5. The summed E-state index contributed by atoms with van der Waals surface area (Å²) in [5, 5.41) is 19.3. The highest BCUT2D eigenvalue weighted by atomic mass is 16.4. The van der Waals surface area contributed by atoms with Gasteiger partial charge >= 0.3 is 5.97 Å². The fraction of sp³-hybridized carbons (Fsp3) is 0.963. The van der Waals surface area contributed by atoms with Crippen LogP contribution in [-0.4, -0.2) is 22.8 Å². The molecule has 0 bridgehead atoms. The zero-order valence-corrected chi connectivity index (χ0v) is 20.3. The van der Waals surface area contributed by atoms with Crippen LogP contribution in [0, 0.1) is 52.3 Å². The molecule has 3 saturated carbocycles. The molecule has 0 spiro atoms. The average Bonchev–Trinajstić information content (AvgIpc) is 3.01. The predicted octanol–water partition coefficient (Wildman–Crippen LogP) is 6.78. The van der Waals surface area contributed by atoms with Crippen molar-refractivity contribution in [2.75, 3.05) is 6.61 Å². The van der Waals surface area contributed by atoms with Crippen molar-refractivity contribution in [1.29, 1.82) is 0 Å². The Morgan fingerprint density at radius 1 is 1.00 bits per heavy atom. The normalized spacial score (nSPS) is 42.0. The van der Waals surface area contributed by atoms with Crippen LogP contribution in [-0.2, 0) is 4.79 Å². The Kier molecular flexibility index (Phi) is 7.63. The third-order valence-corrected chi connectivity index (χ3v) is 10.3. The first-order chi connectivity index (χ1) is 14.1. The minimum Gasteiger partial charge on any atom is -0.481 e. The minimum atomic E-state index is -0.667. The number of aliphatic carboxylic acids is 1. The van der Waals surface area contributed by atoms with E-state index in [4.69, 9.17) is 0 Å². The molecule has 3 unspecified atom stereocenters. The highest BCUT2D eigenvalue weighted by Crippen LogP contribution is 2.67. The van der Waals surface area contributed by atoms with E-state index in [2.05, 4.69) is 34.6 Å². The van der Waals surface area contributed by atoms with E-state index in [1.165, 1.54) is 51.4 Å². The highest BCUT2D eigenvalue weighted by molar-refractivity contribution is 5.67. The van der Waals surface area contributed by atoms with E-state index in [0.717, 1.165) is 42.4 Å². The van der Waals surface area contributed by atoms with Gasteiger partial charge in [0.25, 0.3) is 0 Å². The molecule has 3 aliphatic carbocycles. The number of carbonyl (C=O) groups is 1. The molecule has 0 amide bonds. The van der Waals surface area contributed by atoms with Gasteiger partial charge in [-0.1, -0.05) is 53.9 Å². The summed E-state index contributed by atoms with van der Waals surface area (Å²) in [6.07, 6.45) is 12.7. The lowest BCUT2D eigenvalue weighted by atomic mass is 9.45. The molecule has 3 aliphatic rings. The summed E-state index contributed by atoms with van der Waals surface area (Å²) in [5.41, 5.74) is 0.455. The first-order valence-electron chi connectivity index (χ1n) is 13.0. The Morgan fingerprint density at radius 3 is 2.37 bits per heavy atom. The van der Waals surface area contributed by atoms with Gasteiger partial charge in [0.15, 0.2) is 0 Å². The molecule has 0 aromatic heterocycles. The quantitative estimate of drug-likeness (QED) is 0.432. The predicted molar refractivity (Wildman–Crippen MR) is 123 cm³/mol. The van der Waals surface area contributed by atoms with Crippen molar-refractivity contribution < 1.29 is 15.0 Å². The summed E-state index contributed by atoms with van der Waals surface area (Å²) >= 11 is 0. The Morgan fingerprint density at radius 2 is 1.73 bits per heavy atom. The molecule has 30 heavy (non-hydrogen) atoms. The van der Waals surface area contributed by atoms with Gasteiger partial charge in [-0.15, -0.1) is 0 Å². The van der Waals surface area contributed by atoms with E-state index >= 15 is 0 Å². The van der Waals surface area contributed by atoms with Crippen LogP contribution in [0.3, 0.4) is 0 Å². The van der Waals surface area contributed by atoms with Crippen LogP contribution in [0.4, 0.5) is 0 Å². The molecule has 8 atom stereocenters. The van der Waals surface area contributed by atoms with Crippen molar-refractivity contribution in [1.82, 2.24) is 0 Å². The van der Waals surface area contributed by atoms with E-state index in [0.29, 0.717) is 11.3 Å². The van der Waals surface area contributed by atoms with Crippen LogP contribution >= 0.6 is 0 Å². The molecule has 3 rings (SSSR count). The summed E-state index contributed by atoms with van der Waals surface area (Å²) in [6, 6.07) is 0. The van der Waals surface area contributed by atoms with Crippen LogP contribution in [0.5, 0.6) is 0 Å². The van der Waals surface area contributed by atoms with Crippen LogP contribution < -0.4 is 0 Å². The van der Waals surface area contributed by atoms with Gasteiger partial charge in [-0.3, -0.25) is 4.79 Å². The van der Waals surface area contributed by atoms with E-state index in [1.807, 2.05) is 0 Å². The van der Waals surface area contributed by atoms with Gasteiger partial charge in [-0.2, -0.15) is 0 Å². The molecule has 174 valence electrons. The molecule has 0 aromatic rings. The molecule has 0 heterocycles. The fourth-order valence-electron chi connectivity index (χ4n) is 8.74. The Labute approximate surface area is 185 Å². The lowest BCUT2D eigenvalue weighted by Gasteiger charge is -2.59. The van der Waals surface area contributed by atoms with E-state index in [9.17, 15) is 15.0 Å². The largest absolute Gasteiger partial charge is 0.481 e. The van der Waals surface area contributed by atoms with Crippen LogP contribution in [0.2, 0.25) is 0 Å². The zero-order valence-electron chi connectivity index (χ0n) is 20.3. The third kappa shape index (κ3) is 4.48. The van der Waals surface area contributed by atoms with Crippen molar-refractivity contribution in [2.45, 2.75) is 105 Å². The van der Waals surface area contributed by atoms with Gasteiger partial charge in [-0.05, 0) is 97.2 Å². The van der Waals surface area contributed by atoms with Gasteiger partial charge in [0.2, 0.25) is 0 Å². The highest BCUT2D eigenvalue weighted by Gasteiger charge is 2.59. The number of aliphatic hydroxyl groups excluding tert-OH is 1. The number of carboxylic acids is 1. The minimum absolute atomic E-state index is 0.0155. The maximum Gasteiger partial charge on any atom is 0.303 e. The summed E-state index contributed by atoms with van der Waals surface area (Å²) < 4.78 is 0. The number of fused-ring (bicyclic) bond motifs is 3. The van der Waals surface area contributed by atoms with Crippen LogP contribution in [0.25, 0.3) is 0 Å². The number of hydrogen-bond acceptors (Lipinski definition) is 2. The van der Waals surface area contributed by atoms with Gasteiger partial charge < -0.3 is 10.2 Å². The zero-order chi connectivity index (χ0) is 22.1. The first-order valence-corrected chi connectivity index (χ1v) is 13.0. The number of hydrogen-bond donors (Lipinski definition) is 2. The van der Waals surface area contributed by atoms with Gasteiger partial charge in [0, 0.05) is 13.0 Å². The molecule has 3 fully saturated rings. The van der Waals surface area contributed by atoms with Crippen LogP contribution in [0.15, 0.2) is 0 Å². The van der Waals surface area contributed by atoms with Crippen molar-refractivity contribution in [3.8, 4) is 0 Å². The monoisotopic (exact) mass is 420 g/mol. The Hall–Kier alpha value is -0.570. The third-order valence-electron chi connectivity index (χ3n) is 10.3. The molecule has 3 heteroatoms. The molecule has 3 nitrogen and oxygen atoms in total. The first kappa shape index (κ1) is 24.1. The summed E-state index contributed by atoms with van der Waals surface area (Å²) in [5.74, 6) is 4.18. The van der Waals surface area contributed by atoms with E-state index < -0.39 is 5.97 Å². The second kappa shape index (κ2) is 9.51. The summed E-state index contributed by atoms with van der Waals surface area (Å²) in [7, 11) is 0.